The average molecular weight is 885 g/mol. The van der Waals surface area contributed by atoms with Gasteiger partial charge in [0, 0.05) is 41.2 Å². The molecule has 3 N–H and O–H groups in total. The maximum Gasteiger partial charge on any atom is 0.335 e. The second kappa shape index (κ2) is 20.5. The summed E-state index contributed by atoms with van der Waals surface area (Å²) in [4.78, 5) is 37.2. The van der Waals surface area contributed by atoms with Gasteiger partial charge in [-0.15, -0.1) is 10.2 Å². The zero-order chi connectivity index (χ0) is 45.2. The van der Waals surface area contributed by atoms with Crippen molar-refractivity contribution in [3.05, 3.63) is 145 Å². The van der Waals surface area contributed by atoms with Crippen LogP contribution in [-0.4, -0.2) is 108 Å². The molecule has 0 spiro atoms. The normalized spacial score (nSPS) is 14.0. The molecule has 0 aliphatic carbocycles. The van der Waals surface area contributed by atoms with Gasteiger partial charge in [0.1, 0.15) is 24.7 Å². The number of aromatic carboxylic acids is 1. The van der Waals surface area contributed by atoms with Crippen LogP contribution in [0.25, 0.3) is 33.8 Å². The van der Waals surface area contributed by atoms with Gasteiger partial charge in [-0.25, -0.2) is 13.8 Å². The van der Waals surface area contributed by atoms with Crippen molar-refractivity contribution in [1.29, 1.82) is 0 Å². The van der Waals surface area contributed by atoms with Gasteiger partial charge < -0.3 is 25.2 Å². The zero-order valence-corrected chi connectivity index (χ0v) is 36.8. The molecule has 66 heavy (non-hydrogen) atoms. The van der Waals surface area contributed by atoms with Crippen LogP contribution >= 0.6 is 0 Å². The number of aromatic nitrogens is 6. The third-order valence-corrected chi connectivity index (χ3v) is 11.7. The first-order valence-corrected chi connectivity index (χ1v) is 22.4. The molecule has 4 aromatic carbocycles. The van der Waals surface area contributed by atoms with Gasteiger partial charge in [-0.3, -0.25) is 14.6 Å². The van der Waals surface area contributed by atoms with E-state index in [0.29, 0.717) is 36.3 Å². The lowest BCUT2D eigenvalue weighted by Crippen LogP contribution is -2.25. The number of likely N-dealkylation sites (tertiary alicyclic amines) is 2. The highest BCUT2D eigenvalue weighted by Crippen LogP contribution is 2.26. The third kappa shape index (κ3) is 10.8. The Balaban J connectivity index is 0.000000166. The van der Waals surface area contributed by atoms with Crippen LogP contribution in [0.1, 0.15) is 53.3 Å². The predicted molar refractivity (Wildman–Crippen MR) is 256 cm³/mol. The molecule has 0 bridgehead atoms. The van der Waals surface area contributed by atoms with Gasteiger partial charge >= 0.3 is 5.97 Å². The minimum Gasteiger partial charge on any atom is -0.492 e. The van der Waals surface area contributed by atoms with Crippen molar-refractivity contribution < 1.29 is 24.2 Å². The number of fused-ring (bicyclic) bond motifs is 2. The SMILES string of the molecule is CC(=O)c1cccc(-c2cccc3nc(Nc4ccc(OCCN5CCCC5)cc4)nn23)c1.O=C(O)c1cccc(-c2cccc3nc(Nc4ccc(OCCN5CCCC5)cc4)nn23)c1. The summed E-state index contributed by atoms with van der Waals surface area (Å²) in [6, 6.07) is 41.4. The number of carboxylic acids is 1. The number of carboxylic acid groups (broad SMARTS) is 1. The third-order valence-electron chi connectivity index (χ3n) is 11.7. The van der Waals surface area contributed by atoms with E-state index in [1.807, 2.05) is 115 Å². The molecule has 4 aromatic heterocycles. The Bertz CT molecular complexity index is 2720. The standard InChI is InChI=1S/C26H27N5O2.C25H25N5O3/c1-19(32)20-6-4-7-21(18-20)24-8-5-9-25-28-26(29-31(24)25)27-22-10-12-23(13-11-22)33-17-16-30-14-2-3-15-30;31-24(32)19-6-3-5-18(17-19)22-7-4-8-23-27-25(28-30(22)23)26-20-9-11-21(12-10-20)33-16-15-29-13-1-2-14-29/h4-13,18H,2-3,14-17H2,1H3,(H,27,29);3-12,17H,1-2,13-16H2,(H,26,28)(H,31,32). The molecule has 2 fully saturated rings. The van der Waals surface area contributed by atoms with Gasteiger partial charge in [-0.1, -0.05) is 42.5 Å². The van der Waals surface area contributed by atoms with E-state index in [4.69, 9.17) is 9.47 Å². The molecule has 0 atom stereocenters. The van der Waals surface area contributed by atoms with E-state index in [1.54, 1.807) is 34.2 Å². The number of ether oxygens (including phenoxy) is 2. The number of hydrogen-bond acceptors (Lipinski definition) is 12. The van der Waals surface area contributed by atoms with Crippen LogP contribution in [0, 0.1) is 0 Å². The van der Waals surface area contributed by atoms with Gasteiger partial charge in [0.25, 0.3) is 0 Å². The summed E-state index contributed by atoms with van der Waals surface area (Å²) < 4.78 is 15.2. The number of ketones is 1. The minimum atomic E-state index is -0.964. The van der Waals surface area contributed by atoms with Gasteiger partial charge in [-0.2, -0.15) is 9.97 Å². The van der Waals surface area contributed by atoms with Crippen LogP contribution in [-0.2, 0) is 0 Å². The number of hydrogen-bond donors (Lipinski definition) is 3. The van der Waals surface area contributed by atoms with E-state index in [0.717, 1.165) is 64.1 Å². The molecule has 0 saturated carbocycles. The summed E-state index contributed by atoms with van der Waals surface area (Å²) in [7, 11) is 0. The van der Waals surface area contributed by atoms with E-state index in [2.05, 4.69) is 40.6 Å². The largest absolute Gasteiger partial charge is 0.492 e. The number of carbonyl (C=O) groups is 2. The van der Waals surface area contributed by atoms with Crippen molar-refractivity contribution in [3.63, 3.8) is 0 Å². The van der Waals surface area contributed by atoms with Gasteiger partial charge in [0.15, 0.2) is 17.1 Å². The first-order valence-electron chi connectivity index (χ1n) is 22.4. The number of nitrogens with zero attached hydrogens (tertiary/aromatic N) is 8. The fraction of sp³-hybridized carbons (Fsp3) is 0.255. The van der Waals surface area contributed by atoms with Crippen molar-refractivity contribution in [2.24, 2.45) is 0 Å². The van der Waals surface area contributed by atoms with Crippen molar-refractivity contribution >= 4 is 46.3 Å². The van der Waals surface area contributed by atoms with Crippen LogP contribution in [0.2, 0.25) is 0 Å². The van der Waals surface area contributed by atoms with Gasteiger partial charge in [0.05, 0.1) is 17.0 Å². The molecule has 6 heterocycles. The highest BCUT2D eigenvalue weighted by molar-refractivity contribution is 5.95. The summed E-state index contributed by atoms with van der Waals surface area (Å²) in [5, 5.41) is 25.0. The van der Waals surface area contributed by atoms with E-state index in [1.165, 1.54) is 51.9 Å². The molecule has 15 heteroatoms. The molecular formula is C51H52N10O5. The van der Waals surface area contributed by atoms with Crippen molar-refractivity contribution in [3.8, 4) is 34.0 Å². The van der Waals surface area contributed by atoms with Crippen molar-refractivity contribution in [2.45, 2.75) is 32.6 Å². The maximum absolute atomic E-state index is 11.8. The molecule has 0 amide bonds. The molecule has 336 valence electrons. The smallest absolute Gasteiger partial charge is 0.335 e. The molecule has 15 nitrogen and oxygen atoms in total. The van der Waals surface area contributed by atoms with Gasteiger partial charge in [-0.05, 0) is 150 Å². The van der Waals surface area contributed by atoms with Crippen LogP contribution in [0.4, 0.5) is 23.3 Å². The predicted octanol–water partition coefficient (Wildman–Crippen LogP) is 9.13. The Kier molecular flexibility index (Phi) is 13.5. The minimum absolute atomic E-state index is 0.0356. The Hall–Kier alpha value is -7.62. The maximum atomic E-state index is 11.8. The number of rotatable bonds is 16. The molecular weight excluding hydrogens is 833 g/mol. The lowest BCUT2D eigenvalue weighted by atomic mass is 10.1. The molecule has 10 rings (SSSR count). The van der Waals surface area contributed by atoms with Crippen LogP contribution in [0.3, 0.4) is 0 Å². The average Bonchev–Trinajstić information content (AvgIpc) is 4.19. The molecule has 2 saturated heterocycles. The summed E-state index contributed by atoms with van der Waals surface area (Å²) >= 11 is 0. The van der Waals surface area contributed by atoms with E-state index in [9.17, 15) is 14.7 Å². The van der Waals surface area contributed by atoms with Crippen LogP contribution in [0.15, 0.2) is 133 Å². The highest BCUT2D eigenvalue weighted by Gasteiger charge is 2.15. The summed E-state index contributed by atoms with van der Waals surface area (Å²) in [6.45, 7) is 9.61. The number of anilines is 4. The topological polar surface area (TPSA) is 164 Å². The fourth-order valence-corrected chi connectivity index (χ4v) is 8.19. The van der Waals surface area contributed by atoms with E-state index in [-0.39, 0.29) is 11.3 Å². The van der Waals surface area contributed by atoms with E-state index < -0.39 is 5.97 Å². The first kappa shape index (κ1) is 43.6. The summed E-state index contributed by atoms with van der Waals surface area (Å²) in [6.07, 6.45) is 5.16. The quantitative estimate of drug-likeness (QED) is 0.0788. The number of benzene rings is 4. The lowest BCUT2D eigenvalue weighted by Gasteiger charge is -2.15. The Morgan fingerprint density at radius 1 is 0.561 bits per heavy atom. The molecule has 2 aliphatic rings. The monoisotopic (exact) mass is 884 g/mol. The molecule has 0 radical (unpaired) electrons. The zero-order valence-electron chi connectivity index (χ0n) is 36.8. The molecule has 2 aliphatic heterocycles. The Morgan fingerprint density at radius 3 is 1.42 bits per heavy atom. The second-order valence-corrected chi connectivity index (χ2v) is 16.3. The number of Topliss-reactive ketones (excluding diaryl/α,β-unsaturated/α-hetero) is 1. The van der Waals surface area contributed by atoms with Crippen molar-refractivity contribution in [2.75, 3.05) is 63.1 Å². The number of pyridine rings is 2. The summed E-state index contributed by atoms with van der Waals surface area (Å²) in [5.41, 5.74) is 7.34. The number of nitrogens with one attached hydrogen (secondary N) is 2. The van der Waals surface area contributed by atoms with Gasteiger partial charge in [0.2, 0.25) is 11.9 Å². The Morgan fingerprint density at radius 2 is 0.985 bits per heavy atom. The Labute approximate surface area is 382 Å². The van der Waals surface area contributed by atoms with Crippen LogP contribution in [0.5, 0.6) is 11.5 Å². The number of carbonyl (C=O) groups excluding carboxylic acids is 1. The fourth-order valence-electron chi connectivity index (χ4n) is 8.19. The van der Waals surface area contributed by atoms with E-state index >= 15 is 0 Å². The second-order valence-electron chi connectivity index (χ2n) is 16.3. The van der Waals surface area contributed by atoms with Crippen LogP contribution < -0.4 is 20.1 Å². The molecule has 0 unspecified atom stereocenters. The molecule has 8 aromatic rings. The van der Waals surface area contributed by atoms with Crippen molar-refractivity contribution in [1.82, 2.24) is 39.0 Å². The highest BCUT2D eigenvalue weighted by atomic mass is 16.5. The summed E-state index contributed by atoms with van der Waals surface area (Å²) in [5.74, 6) is 1.73. The lowest BCUT2D eigenvalue weighted by molar-refractivity contribution is 0.0696. The first-order chi connectivity index (χ1) is 32.3.